The first-order valence-corrected chi connectivity index (χ1v) is 10.6. The topological polar surface area (TPSA) is 159 Å². The molecule has 6 N–H and O–H groups in total. The summed E-state index contributed by atoms with van der Waals surface area (Å²) in [5.41, 5.74) is 12.5. The average Bonchev–Trinajstić information content (AvgIpc) is 3.28. The first-order chi connectivity index (χ1) is 15.9. The summed E-state index contributed by atoms with van der Waals surface area (Å²) in [5, 5.41) is 13.9. The molecule has 4 rings (SSSR count). The van der Waals surface area contributed by atoms with Crippen LogP contribution >= 0.6 is 0 Å². The molecule has 3 heterocycles. The van der Waals surface area contributed by atoms with E-state index in [9.17, 15) is 9.18 Å². The Labute approximate surface area is 189 Å². The molecule has 0 aliphatic heterocycles. The Morgan fingerprint density at radius 1 is 1.33 bits per heavy atom. The van der Waals surface area contributed by atoms with Crippen LogP contribution in [0.2, 0.25) is 0 Å². The highest BCUT2D eigenvalue weighted by Crippen LogP contribution is 2.33. The molecular weight excluding hydrogens is 429 g/mol. The SMILES string of the molecule is COc1ncc(Nc2nc(N[C@H](C3CCC3)[C@H](C)N)c(F)cc2C(N)=O)cc1-n1ccnn1. The molecule has 0 radical (unpaired) electrons. The minimum Gasteiger partial charge on any atom is -0.479 e. The van der Waals surface area contributed by atoms with E-state index < -0.39 is 11.7 Å². The zero-order chi connectivity index (χ0) is 23.5. The van der Waals surface area contributed by atoms with Crippen LogP contribution in [0.1, 0.15) is 36.5 Å². The number of nitrogens with zero attached hydrogens (tertiary/aromatic N) is 5. The van der Waals surface area contributed by atoms with Crippen LogP contribution in [-0.2, 0) is 0 Å². The number of hydrogen-bond acceptors (Lipinski definition) is 9. The number of primary amides is 1. The van der Waals surface area contributed by atoms with Crippen molar-refractivity contribution in [3.63, 3.8) is 0 Å². The minimum absolute atomic E-state index is 0.00493. The molecule has 1 aliphatic rings. The van der Waals surface area contributed by atoms with Crippen LogP contribution in [0.3, 0.4) is 0 Å². The van der Waals surface area contributed by atoms with E-state index in [0.717, 1.165) is 25.3 Å². The number of anilines is 3. The molecule has 1 amide bonds. The molecule has 0 bridgehead atoms. The van der Waals surface area contributed by atoms with Crippen molar-refractivity contribution in [2.75, 3.05) is 17.7 Å². The third kappa shape index (κ3) is 4.70. The summed E-state index contributed by atoms with van der Waals surface area (Å²) in [6.07, 6.45) is 7.80. The second kappa shape index (κ2) is 9.36. The number of nitrogens with two attached hydrogens (primary N) is 2. The molecule has 3 aromatic heterocycles. The van der Waals surface area contributed by atoms with E-state index in [1.54, 1.807) is 12.3 Å². The third-order valence-corrected chi connectivity index (χ3v) is 5.73. The molecule has 0 unspecified atom stereocenters. The Balaban J connectivity index is 1.69. The van der Waals surface area contributed by atoms with Crippen molar-refractivity contribution < 1.29 is 13.9 Å². The van der Waals surface area contributed by atoms with Crippen molar-refractivity contribution in [1.29, 1.82) is 0 Å². The number of methoxy groups -OCH3 is 1. The number of ether oxygens (including phenoxy) is 1. The lowest BCUT2D eigenvalue weighted by atomic mass is 9.77. The molecule has 1 aliphatic carbocycles. The van der Waals surface area contributed by atoms with Gasteiger partial charge < -0.3 is 26.8 Å². The monoisotopic (exact) mass is 455 g/mol. The molecule has 174 valence electrons. The molecule has 0 saturated heterocycles. The van der Waals surface area contributed by atoms with E-state index in [1.807, 2.05) is 6.92 Å². The van der Waals surface area contributed by atoms with Gasteiger partial charge in [-0.15, -0.1) is 5.10 Å². The van der Waals surface area contributed by atoms with Crippen molar-refractivity contribution in [3.05, 3.63) is 42.1 Å². The second-order valence-corrected chi connectivity index (χ2v) is 8.02. The van der Waals surface area contributed by atoms with E-state index in [1.165, 1.54) is 24.2 Å². The molecule has 1 fully saturated rings. The number of amides is 1. The predicted molar refractivity (Wildman–Crippen MR) is 120 cm³/mol. The Hall–Kier alpha value is -3.80. The van der Waals surface area contributed by atoms with Crippen LogP contribution in [0.4, 0.5) is 21.7 Å². The quantitative estimate of drug-likeness (QED) is 0.378. The van der Waals surface area contributed by atoms with Crippen LogP contribution in [-0.4, -0.2) is 50.1 Å². The van der Waals surface area contributed by atoms with Gasteiger partial charge in [-0.25, -0.2) is 19.0 Å². The van der Waals surface area contributed by atoms with E-state index in [2.05, 4.69) is 30.9 Å². The van der Waals surface area contributed by atoms with Crippen molar-refractivity contribution in [1.82, 2.24) is 25.0 Å². The van der Waals surface area contributed by atoms with Gasteiger partial charge in [-0.2, -0.15) is 0 Å². The molecule has 0 aromatic carbocycles. The van der Waals surface area contributed by atoms with Crippen LogP contribution < -0.4 is 26.8 Å². The number of carbonyl (C=O) groups excluding carboxylic acids is 1. The highest BCUT2D eigenvalue weighted by atomic mass is 19.1. The molecule has 33 heavy (non-hydrogen) atoms. The Kier molecular flexibility index (Phi) is 6.36. The minimum atomic E-state index is -0.823. The summed E-state index contributed by atoms with van der Waals surface area (Å²) in [5.74, 6) is -0.772. The van der Waals surface area contributed by atoms with Crippen LogP contribution in [0.25, 0.3) is 5.69 Å². The van der Waals surface area contributed by atoms with E-state index in [4.69, 9.17) is 16.2 Å². The molecule has 2 atom stereocenters. The maximum Gasteiger partial charge on any atom is 0.252 e. The lowest BCUT2D eigenvalue weighted by Gasteiger charge is -2.37. The Morgan fingerprint density at radius 2 is 2.12 bits per heavy atom. The van der Waals surface area contributed by atoms with Crippen molar-refractivity contribution in [3.8, 4) is 11.6 Å². The summed E-state index contributed by atoms with van der Waals surface area (Å²) in [4.78, 5) is 20.6. The van der Waals surface area contributed by atoms with Crippen LogP contribution in [0.15, 0.2) is 30.7 Å². The number of nitrogens with one attached hydrogen (secondary N) is 2. The third-order valence-electron chi connectivity index (χ3n) is 5.73. The lowest BCUT2D eigenvalue weighted by Crippen LogP contribution is -2.46. The largest absolute Gasteiger partial charge is 0.479 e. The van der Waals surface area contributed by atoms with Gasteiger partial charge in [0, 0.05) is 12.1 Å². The summed E-state index contributed by atoms with van der Waals surface area (Å²) < 4.78 is 21.6. The fourth-order valence-electron chi connectivity index (χ4n) is 3.81. The molecule has 11 nitrogen and oxygen atoms in total. The normalized spacial score (nSPS) is 15.4. The summed E-state index contributed by atoms with van der Waals surface area (Å²) in [6, 6.07) is 2.39. The molecule has 12 heteroatoms. The highest BCUT2D eigenvalue weighted by molar-refractivity contribution is 5.98. The van der Waals surface area contributed by atoms with Crippen molar-refractivity contribution in [2.24, 2.45) is 17.4 Å². The number of halogens is 1. The van der Waals surface area contributed by atoms with Gasteiger partial charge in [-0.1, -0.05) is 11.6 Å². The maximum atomic E-state index is 14.8. The molecule has 3 aromatic rings. The van der Waals surface area contributed by atoms with Crippen LogP contribution in [0.5, 0.6) is 5.88 Å². The van der Waals surface area contributed by atoms with Gasteiger partial charge >= 0.3 is 0 Å². The van der Waals surface area contributed by atoms with Gasteiger partial charge in [0.15, 0.2) is 11.6 Å². The summed E-state index contributed by atoms with van der Waals surface area (Å²) >= 11 is 0. The van der Waals surface area contributed by atoms with E-state index >= 15 is 0 Å². The van der Waals surface area contributed by atoms with Gasteiger partial charge in [0.25, 0.3) is 5.91 Å². The predicted octanol–water partition coefficient (Wildman–Crippen LogP) is 1.98. The first kappa shape index (κ1) is 22.4. The Bertz CT molecular complexity index is 1130. The van der Waals surface area contributed by atoms with E-state index in [0.29, 0.717) is 23.2 Å². The van der Waals surface area contributed by atoms with Gasteiger partial charge in [0.1, 0.15) is 11.5 Å². The summed E-state index contributed by atoms with van der Waals surface area (Å²) in [6.45, 7) is 1.87. The second-order valence-electron chi connectivity index (χ2n) is 8.02. The van der Waals surface area contributed by atoms with Gasteiger partial charge in [-0.05, 0) is 37.8 Å². The fourth-order valence-corrected chi connectivity index (χ4v) is 3.81. The number of rotatable bonds is 9. The zero-order valence-corrected chi connectivity index (χ0v) is 18.3. The van der Waals surface area contributed by atoms with Gasteiger partial charge in [-0.3, -0.25) is 4.79 Å². The highest BCUT2D eigenvalue weighted by Gasteiger charge is 2.31. The van der Waals surface area contributed by atoms with Crippen LogP contribution in [0, 0.1) is 11.7 Å². The van der Waals surface area contributed by atoms with Crippen molar-refractivity contribution >= 4 is 23.2 Å². The number of carbonyl (C=O) groups is 1. The molecule has 0 spiro atoms. The smallest absolute Gasteiger partial charge is 0.252 e. The van der Waals surface area contributed by atoms with Crippen molar-refractivity contribution in [2.45, 2.75) is 38.3 Å². The van der Waals surface area contributed by atoms with Gasteiger partial charge in [0.2, 0.25) is 5.88 Å². The standard InChI is InChI=1S/C21H26FN9O2/c1-11(23)17(12-4-3-5-12)28-20-15(22)9-14(18(24)32)19(29-20)27-13-8-16(21(33-2)25-10-13)31-7-6-26-30-31/h6-12,17H,3-5,23H2,1-2H3,(H2,24,32)(H2,27,28,29)/t11-,17-/m0/s1. The number of hydrogen-bond donors (Lipinski definition) is 4. The number of aromatic nitrogens is 5. The lowest BCUT2D eigenvalue weighted by molar-refractivity contribution is 0.100. The zero-order valence-electron chi connectivity index (χ0n) is 18.3. The number of pyridine rings is 2. The first-order valence-electron chi connectivity index (χ1n) is 10.6. The maximum absolute atomic E-state index is 14.8. The molecule has 1 saturated carbocycles. The fraction of sp³-hybridized carbons (Fsp3) is 0.381. The van der Waals surface area contributed by atoms with Gasteiger partial charge in [0.05, 0.1) is 37.0 Å². The average molecular weight is 455 g/mol. The Morgan fingerprint density at radius 3 is 2.70 bits per heavy atom. The summed E-state index contributed by atoms with van der Waals surface area (Å²) in [7, 11) is 1.48. The van der Waals surface area contributed by atoms with E-state index in [-0.39, 0.29) is 29.3 Å². The molecular formula is C21H26FN9O2.